The Kier molecular flexibility index (Phi) is 4.50. The minimum Gasteiger partial charge on any atom is -0.508 e. The van der Waals surface area contributed by atoms with E-state index in [4.69, 9.17) is 4.74 Å². The molecule has 7 heteroatoms. The Morgan fingerprint density at radius 1 is 1.29 bits per heavy atom. The van der Waals surface area contributed by atoms with E-state index in [1.807, 2.05) is 12.1 Å². The molecule has 3 unspecified atom stereocenters. The minimum absolute atomic E-state index is 0.0281. The Morgan fingerprint density at radius 2 is 2.11 bits per heavy atom. The molecule has 1 aliphatic heterocycles. The minimum atomic E-state index is -0.463. The Morgan fingerprint density at radius 3 is 2.86 bits per heavy atom. The van der Waals surface area contributed by atoms with Gasteiger partial charge in [0.05, 0.1) is 23.1 Å². The number of nitro benzene ring substituents is 1. The maximum absolute atomic E-state index is 12.1. The summed E-state index contributed by atoms with van der Waals surface area (Å²) in [4.78, 5) is 22.8. The van der Waals surface area contributed by atoms with Gasteiger partial charge in [0.15, 0.2) is 0 Å². The topological polar surface area (TPSA) is 102 Å². The maximum Gasteiger partial charge on any atom is 0.338 e. The quantitative estimate of drug-likeness (QED) is 0.355. The van der Waals surface area contributed by atoms with Crippen molar-refractivity contribution in [1.29, 1.82) is 0 Å². The summed E-state index contributed by atoms with van der Waals surface area (Å²) in [6.07, 6.45) is 4.94. The summed E-state index contributed by atoms with van der Waals surface area (Å²) in [5.41, 5.74) is 2.79. The first-order valence-electron chi connectivity index (χ1n) is 9.21. The number of ether oxygens (including phenoxy) is 1. The van der Waals surface area contributed by atoms with E-state index in [2.05, 4.69) is 17.5 Å². The summed E-state index contributed by atoms with van der Waals surface area (Å²) in [5, 5.41) is 25.0. The molecule has 0 amide bonds. The third kappa shape index (κ3) is 2.98. The number of benzene rings is 2. The molecule has 1 aliphatic carbocycles. The van der Waals surface area contributed by atoms with E-state index >= 15 is 0 Å². The number of non-ortho nitro benzene ring substituents is 1. The fourth-order valence-corrected chi connectivity index (χ4v) is 4.15. The van der Waals surface area contributed by atoms with Gasteiger partial charge in [0.1, 0.15) is 5.75 Å². The van der Waals surface area contributed by atoms with Crippen molar-refractivity contribution in [2.75, 3.05) is 11.9 Å². The lowest BCUT2D eigenvalue weighted by Crippen LogP contribution is -2.29. The van der Waals surface area contributed by atoms with Gasteiger partial charge in [-0.1, -0.05) is 12.2 Å². The van der Waals surface area contributed by atoms with Crippen molar-refractivity contribution in [1.82, 2.24) is 0 Å². The Bertz CT molecular complexity index is 985. The standard InChI is InChI=1S/C21H20N2O5/c1-2-28-21(25)12-6-8-18-16(10-12)14-4-3-5-15(14)20(22-18)17-11-13(23(26)27)7-9-19(17)24/h3-4,6-11,14-15,20,22,24H,2,5H2,1H3. The van der Waals surface area contributed by atoms with E-state index in [1.54, 1.807) is 13.0 Å². The molecule has 2 aliphatic rings. The van der Waals surface area contributed by atoms with Gasteiger partial charge in [0.2, 0.25) is 0 Å². The number of allylic oxidation sites excluding steroid dienone is 2. The molecule has 0 radical (unpaired) electrons. The van der Waals surface area contributed by atoms with E-state index in [-0.39, 0.29) is 35.3 Å². The van der Waals surface area contributed by atoms with Crippen molar-refractivity contribution in [3.63, 3.8) is 0 Å². The number of aromatic hydroxyl groups is 1. The summed E-state index contributed by atoms with van der Waals surface area (Å²) in [5.74, 6) is -0.199. The van der Waals surface area contributed by atoms with Crippen LogP contribution >= 0.6 is 0 Å². The van der Waals surface area contributed by atoms with E-state index in [1.165, 1.54) is 18.2 Å². The maximum atomic E-state index is 12.1. The summed E-state index contributed by atoms with van der Waals surface area (Å²) in [6.45, 7) is 2.08. The van der Waals surface area contributed by atoms with Crippen LogP contribution in [0.1, 0.15) is 46.8 Å². The zero-order valence-corrected chi connectivity index (χ0v) is 15.3. The van der Waals surface area contributed by atoms with Gasteiger partial charge in [0.25, 0.3) is 5.69 Å². The average molecular weight is 380 g/mol. The van der Waals surface area contributed by atoms with Crippen LogP contribution in [0.15, 0.2) is 48.6 Å². The van der Waals surface area contributed by atoms with Crippen LogP contribution in [0, 0.1) is 16.0 Å². The first-order chi connectivity index (χ1) is 13.5. The van der Waals surface area contributed by atoms with Crippen molar-refractivity contribution in [2.24, 2.45) is 5.92 Å². The molecule has 0 fully saturated rings. The smallest absolute Gasteiger partial charge is 0.338 e. The predicted molar refractivity (Wildman–Crippen MR) is 104 cm³/mol. The van der Waals surface area contributed by atoms with Crippen LogP contribution in [0.25, 0.3) is 0 Å². The number of hydrogen-bond donors (Lipinski definition) is 2. The number of carbonyl (C=O) groups is 1. The third-order valence-electron chi connectivity index (χ3n) is 5.43. The van der Waals surface area contributed by atoms with Gasteiger partial charge in [-0.05, 0) is 49.1 Å². The first-order valence-corrected chi connectivity index (χ1v) is 9.21. The van der Waals surface area contributed by atoms with E-state index in [9.17, 15) is 20.0 Å². The average Bonchev–Trinajstić information content (AvgIpc) is 3.17. The zero-order valence-electron chi connectivity index (χ0n) is 15.3. The van der Waals surface area contributed by atoms with Gasteiger partial charge >= 0.3 is 5.97 Å². The number of carbonyl (C=O) groups excluding carboxylic acids is 1. The van der Waals surface area contributed by atoms with Gasteiger partial charge in [-0.15, -0.1) is 0 Å². The fraction of sp³-hybridized carbons (Fsp3) is 0.286. The molecule has 0 aromatic heterocycles. The van der Waals surface area contributed by atoms with Crippen LogP contribution in [0.5, 0.6) is 5.75 Å². The Hall–Kier alpha value is -3.35. The highest BCUT2D eigenvalue weighted by Gasteiger charge is 2.39. The van der Waals surface area contributed by atoms with Crippen LogP contribution in [0.3, 0.4) is 0 Å². The van der Waals surface area contributed by atoms with Crippen molar-refractivity contribution in [2.45, 2.75) is 25.3 Å². The van der Waals surface area contributed by atoms with E-state index in [0.717, 1.165) is 17.7 Å². The van der Waals surface area contributed by atoms with E-state index < -0.39 is 4.92 Å². The molecule has 0 bridgehead atoms. The number of nitrogens with one attached hydrogen (secondary N) is 1. The highest BCUT2D eigenvalue weighted by molar-refractivity contribution is 5.90. The number of phenols is 1. The molecular weight excluding hydrogens is 360 g/mol. The molecule has 2 aromatic rings. The number of nitro groups is 1. The van der Waals surface area contributed by atoms with Crippen molar-refractivity contribution < 1.29 is 19.6 Å². The molecule has 0 saturated carbocycles. The Balaban J connectivity index is 1.75. The largest absolute Gasteiger partial charge is 0.508 e. The predicted octanol–water partition coefficient (Wildman–Crippen LogP) is 4.30. The molecule has 28 heavy (non-hydrogen) atoms. The lowest BCUT2D eigenvalue weighted by molar-refractivity contribution is -0.385. The molecule has 0 spiro atoms. The number of anilines is 1. The number of rotatable bonds is 4. The van der Waals surface area contributed by atoms with Gasteiger partial charge < -0.3 is 15.2 Å². The molecule has 0 saturated heterocycles. The van der Waals surface area contributed by atoms with Gasteiger partial charge in [-0.2, -0.15) is 0 Å². The molecule has 4 rings (SSSR count). The Labute approximate surface area is 161 Å². The summed E-state index contributed by atoms with van der Waals surface area (Å²) in [7, 11) is 0. The van der Waals surface area contributed by atoms with Crippen molar-refractivity contribution in [3.05, 3.63) is 75.4 Å². The molecular formula is C21H20N2O5. The SMILES string of the molecule is CCOC(=O)c1ccc2c(c1)C1C=CCC1C(c1cc([N+](=O)[O-])ccc1O)N2. The lowest BCUT2D eigenvalue weighted by atomic mass is 9.76. The number of hydrogen-bond acceptors (Lipinski definition) is 6. The first kappa shape index (κ1) is 18.0. The van der Waals surface area contributed by atoms with Crippen LogP contribution in [-0.4, -0.2) is 22.6 Å². The van der Waals surface area contributed by atoms with Crippen LogP contribution in [-0.2, 0) is 4.74 Å². The summed E-state index contributed by atoms with van der Waals surface area (Å²) < 4.78 is 5.10. The van der Waals surface area contributed by atoms with Crippen LogP contribution < -0.4 is 5.32 Å². The van der Waals surface area contributed by atoms with Crippen LogP contribution in [0.4, 0.5) is 11.4 Å². The third-order valence-corrected chi connectivity index (χ3v) is 5.43. The number of nitrogens with zero attached hydrogens (tertiary/aromatic N) is 1. The highest BCUT2D eigenvalue weighted by Crippen LogP contribution is 2.51. The van der Waals surface area contributed by atoms with E-state index in [0.29, 0.717) is 17.7 Å². The second-order valence-corrected chi connectivity index (χ2v) is 7.00. The van der Waals surface area contributed by atoms with Crippen molar-refractivity contribution >= 4 is 17.3 Å². The molecule has 1 heterocycles. The molecule has 144 valence electrons. The molecule has 2 aromatic carbocycles. The molecule has 3 atom stereocenters. The zero-order chi connectivity index (χ0) is 19.8. The summed E-state index contributed by atoms with van der Waals surface area (Å²) in [6, 6.07) is 9.19. The molecule has 2 N–H and O–H groups in total. The second kappa shape index (κ2) is 6.99. The van der Waals surface area contributed by atoms with Crippen molar-refractivity contribution in [3.8, 4) is 5.75 Å². The number of esters is 1. The van der Waals surface area contributed by atoms with Crippen LogP contribution in [0.2, 0.25) is 0 Å². The second-order valence-electron chi connectivity index (χ2n) is 7.00. The monoisotopic (exact) mass is 380 g/mol. The number of phenolic OH excluding ortho intramolecular Hbond substituents is 1. The number of fused-ring (bicyclic) bond motifs is 3. The van der Waals surface area contributed by atoms with Gasteiger partial charge in [-0.3, -0.25) is 10.1 Å². The summed E-state index contributed by atoms with van der Waals surface area (Å²) >= 11 is 0. The van der Waals surface area contributed by atoms with Gasteiger partial charge in [-0.25, -0.2) is 4.79 Å². The lowest BCUT2D eigenvalue weighted by Gasteiger charge is -2.37. The molecule has 7 nitrogen and oxygen atoms in total. The normalized spacial score (nSPS) is 22.1. The fourth-order valence-electron chi connectivity index (χ4n) is 4.15. The van der Waals surface area contributed by atoms with Gasteiger partial charge in [0, 0.05) is 29.3 Å². The highest BCUT2D eigenvalue weighted by atomic mass is 16.6.